The maximum absolute atomic E-state index is 12.8. The highest BCUT2D eigenvalue weighted by Crippen LogP contribution is 2.20. The molecule has 4 rings (SSSR count). The Labute approximate surface area is 170 Å². The molecule has 152 valence electrons. The summed E-state index contributed by atoms with van der Waals surface area (Å²) in [6.45, 7) is 9.45. The highest BCUT2D eigenvalue weighted by molar-refractivity contribution is 5.94. The molecule has 3 aromatic rings. The Morgan fingerprint density at radius 1 is 1.07 bits per heavy atom. The number of carbonyl (C=O) groups is 1. The minimum atomic E-state index is 0.0531. The van der Waals surface area contributed by atoms with Gasteiger partial charge in [0.2, 0.25) is 0 Å². The molecular weight excluding hydrogens is 368 g/mol. The summed E-state index contributed by atoms with van der Waals surface area (Å²) < 4.78 is 7.44. The number of nitrogens with zero attached hydrogens (tertiary/aromatic N) is 6. The van der Waals surface area contributed by atoms with Crippen LogP contribution in [0.2, 0.25) is 0 Å². The van der Waals surface area contributed by atoms with E-state index in [1.807, 2.05) is 47.4 Å². The number of anilines is 1. The average Bonchev–Trinajstić information content (AvgIpc) is 3.18. The number of amides is 1. The quantitative estimate of drug-likeness (QED) is 0.661. The van der Waals surface area contributed by atoms with E-state index in [1.54, 1.807) is 0 Å². The summed E-state index contributed by atoms with van der Waals surface area (Å²) in [6.07, 6.45) is 0.815. The fourth-order valence-electron chi connectivity index (χ4n) is 3.70. The van der Waals surface area contributed by atoms with E-state index in [2.05, 4.69) is 33.1 Å². The molecule has 1 fully saturated rings. The van der Waals surface area contributed by atoms with E-state index in [-0.39, 0.29) is 5.91 Å². The van der Waals surface area contributed by atoms with Gasteiger partial charge in [-0.3, -0.25) is 9.20 Å². The number of hydrogen-bond acceptors (Lipinski definition) is 6. The van der Waals surface area contributed by atoms with Crippen molar-refractivity contribution in [3.63, 3.8) is 0 Å². The van der Waals surface area contributed by atoms with Crippen LogP contribution in [0.5, 0.6) is 5.75 Å². The number of carbonyl (C=O) groups excluding carboxylic acids is 1. The van der Waals surface area contributed by atoms with Gasteiger partial charge in [0.25, 0.3) is 11.7 Å². The molecule has 0 bridgehead atoms. The van der Waals surface area contributed by atoms with Crippen molar-refractivity contribution in [2.24, 2.45) is 0 Å². The molecule has 0 saturated carbocycles. The van der Waals surface area contributed by atoms with Crippen LogP contribution >= 0.6 is 0 Å². The summed E-state index contributed by atoms with van der Waals surface area (Å²) in [5, 5.41) is 8.43. The molecule has 29 heavy (non-hydrogen) atoms. The first-order valence-electron chi connectivity index (χ1n) is 10.1. The van der Waals surface area contributed by atoms with Crippen molar-refractivity contribution in [2.45, 2.75) is 27.2 Å². The lowest BCUT2D eigenvalue weighted by molar-refractivity contribution is 0.0746. The van der Waals surface area contributed by atoms with Crippen molar-refractivity contribution >= 4 is 17.5 Å². The number of rotatable bonds is 5. The molecule has 3 heterocycles. The fraction of sp³-hybridized carbons (Fsp3) is 0.429. The predicted octanol–water partition coefficient (Wildman–Crippen LogP) is 2.36. The minimum absolute atomic E-state index is 0.0531. The van der Waals surface area contributed by atoms with E-state index >= 15 is 0 Å². The summed E-state index contributed by atoms with van der Waals surface area (Å²) in [5.41, 5.74) is 1.76. The second-order valence-electron chi connectivity index (χ2n) is 7.10. The molecule has 1 aliphatic rings. The SMILES string of the molecule is CCOc1ccc(C(=O)N2CCN(c3cc(C)n4c(CC)nnc4n3)CC2)cc1. The first-order valence-corrected chi connectivity index (χ1v) is 10.1. The van der Waals surface area contributed by atoms with Gasteiger partial charge < -0.3 is 14.5 Å². The van der Waals surface area contributed by atoms with Crippen molar-refractivity contribution in [1.82, 2.24) is 24.5 Å². The Morgan fingerprint density at radius 2 is 1.79 bits per heavy atom. The molecule has 1 amide bonds. The number of hydrogen-bond donors (Lipinski definition) is 0. The number of benzene rings is 1. The number of ether oxygens (including phenoxy) is 1. The largest absolute Gasteiger partial charge is 0.494 e. The predicted molar refractivity (Wildman–Crippen MR) is 111 cm³/mol. The van der Waals surface area contributed by atoms with E-state index in [0.29, 0.717) is 31.0 Å². The van der Waals surface area contributed by atoms with Crippen molar-refractivity contribution in [1.29, 1.82) is 0 Å². The Morgan fingerprint density at radius 3 is 2.45 bits per heavy atom. The van der Waals surface area contributed by atoms with Crippen LogP contribution in [0.3, 0.4) is 0 Å². The molecule has 8 heteroatoms. The lowest BCUT2D eigenvalue weighted by Gasteiger charge is -2.35. The van der Waals surface area contributed by atoms with Gasteiger partial charge in [0, 0.05) is 49.9 Å². The monoisotopic (exact) mass is 394 g/mol. The lowest BCUT2D eigenvalue weighted by atomic mass is 10.1. The Hall–Kier alpha value is -3.16. The molecule has 1 aliphatic heterocycles. The van der Waals surface area contributed by atoms with Gasteiger partial charge >= 0.3 is 0 Å². The highest BCUT2D eigenvalue weighted by Gasteiger charge is 2.24. The van der Waals surface area contributed by atoms with Gasteiger partial charge in [-0.2, -0.15) is 4.98 Å². The zero-order valence-corrected chi connectivity index (χ0v) is 17.1. The first-order chi connectivity index (χ1) is 14.1. The molecule has 0 aliphatic carbocycles. The van der Waals surface area contributed by atoms with Crippen LogP contribution in [0, 0.1) is 6.92 Å². The zero-order valence-electron chi connectivity index (χ0n) is 17.1. The molecule has 0 N–H and O–H groups in total. The van der Waals surface area contributed by atoms with E-state index in [0.717, 1.165) is 42.6 Å². The maximum atomic E-state index is 12.8. The molecule has 2 aromatic heterocycles. The molecule has 0 unspecified atom stereocenters. The number of fused-ring (bicyclic) bond motifs is 1. The number of piperazine rings is 1. The lowest BCUT2D eigenvalue weighted by Crippen LogP contribution is -2.49. The fourth-order valence-corrected chi connectivity index (χ4v) is 3.70. The third-order valence-corrected chi connectivity index (χ3v) is 5.24. The van der Waals surface area contributed by atoms with Crippen LogP contribution in [0.15, 0.2) is 30.3 Å². The van der Waals surface area contributed by atoms with Crippen molar-refractivity contribution in [2.75, 3.05) is 37.7 Å². The normalized spacial score (nSPS) is 14.4. The third-order valence-electron chi connectivity index (χ3n) is 5.24. The highest BCUT2D eigenvalue weighted by atomic mass is 16.5. The molecule has 0 radical (unpaired) electrons. The summed E-state index contributed by atoms with van der Waals surface area (Å²) in [7, 11) is 0. The molecule has 1 saturated heterocycles. The summed E-state index contributed by atoms with van der Waals surface area (Å²) in [6, 6.07) is 9.42. The van der Waals surface area contributed by atoms with Crippen LogP contribution in [0.4, 0.5) is 5.82 Å². The van der Waals surface area contributed by atoms with Crippen molar-refractivity contribution in [3.8, 4) is 5.75 Å². The topological polar surface area (TPSA) is 75.9 Å². The van der Waals surface area contributed by atoms with Gasteiger partial charge in [0.1, 0.15) is 17.4 Å². The van der Waals surface area contributed by atoms with E-state index in [9.17, 15) is 4.79 Å². The zero-order chi connectivity index (χ0) is 20.4. The minimum Gasteiger partial charge on any atom is -0.494 e. The van der Waals surface area contributed by atoms with Gasteiger partial charge in [-0.25, -0.2) is 0 Å². The Balaban J connectivity index is 1.44. The molecule has 1 aromatic carbocycles. The number of aryl methyl sites for hydroxylation is 2. The van der Waals surface area contributed by atoms with Gasteiger partial charge in [0.05, 0.1) is 6.61 Å². The van der Waals surface area contributed by atoms with E-state index in [1.165, 1.54) is 0 Å². The van der Waals surface area contributed by atoms with Gasteiger partial charge in [0.15, 0.2) is 0 Å². The molecule has 0 spiro atoms. The van der Waals surface area contributed by atoms with Crippen LogP contribution in [-0.4, -0.2) is 63.2 Å². The van der Waals surface area contributed by atoms with Crippen LogP contribution in [0.25, 0.3) is 5.78 Å². The number of aromatic nitrogens is 4. The molecule has 0 atom stereocenters. The second kappa shape index (κ2) is 8.06. The van der Waals surface area contributed by atoms with Gasteiger partial charge in [-0.15, -0.1) is 10.2 Å². The summed E-state index contributed by atoms with van der Waals surface area (Å²) >= 11 is 0. The van der Waals surface area contributed by atoms with Crippen LogP contribution < -0.4 is 9.64 Å². The molecular formula is C21H26N6O2. The van der Waals surface area contributed by atoms with Crippen LogP contribution in [-0.2, 0) is 6.42 Å². The average molecular weight is 394 g/mol. The Bertz CT molecular complexity index is 1010. The van der Waals surface area contributed by atoms with Crippen molar-refractivity contribution < 1.29 is 9.53 Å². The summed E-state index contributed by atoms with van der Waals surface area (Å²) in [4.78, 5) is 21.6. The van der Waals surface area contributed by atoms with E-state index < -0.39 is 0 Å². The Kier molecular flexibility index (Phi) is 5.33. The molecule has 8 nitrogen and oxygen atoms in total. The third kappa shape index (κ3) is 3.74. The van der Waals surface area contributed by atoms with Gasteiger partial charge in [-0.1, -0.05) is 6.92 Å². The van der Waals surface area contributed by atoms with Crippen LogP contribution in [0.1, 0.15) is 35.7 Å². The maximum Gasteiger partial charge on any atom is 0.257 e. The standard InChI is InChI=1S/C21H26N6O2/c1-4-18-23-24-21-22-19(14-15(3)27(18)21)25-10-12-26(13-11-25)20(28)16-6-8-17(9-7-16)29-5-2/h6-9,14H,4-5,10-13H2,1-3H3. The van der Waals surface area contributed by atoms with Crippen molar-refractivity contribution in [3.05, 3.63) is 47.4 Å². The first kappa shape index (κ1) is 19.2. The van der Waals surface area contributed by atoms with Gasteiger partial charge in [-0.05, 0) is 38.1 Å². The smallest absolute Gasteiger partial charge is 0.257 e. The second-order valence-corrected chi connectivity index (χ2v) is 7.10. The summed E-state index contributed by atoms with van der Waals surface area (Å²) in [5.74, 6) is 3.27. The van der Waals surface area contributed by atoms with E-state index in [4.69, 9.17) is 4.74 Å².